The summed E-state index contributed by atoms with van der Waals surface area (Å²) in [6.45, 7) is 13.7. The molecule has 0 spiro atoms. The van der Waals surface area contributed by atoms with E-state index in [1.54, 1.807) is 40.1 Å². The molecule has 2 N–H and O–H groups in total. The van der Waals surface area contributed by atoms with E-state index >= 15 is 0 Å². The smallest absolute Gasteiger partial charge is 0.408 e. The van der Waals surface area contributed by atoms with Crippen molar-refractivity contribution in [3.8, 4) is 22.4 Å². The van der Waals surface area contributed by atoms with Gasteiger partial charge >= 0.3 is 12.1 Å². The molecule has 2 heterocycles. The average Bonchev–Trinajstić information content (AvgIpc) is 3.37. The van der Waals surface area contributed by atoms with Crippen LogP contribution in [0.4, 0.5) is 13.6 Å². The number of alkyl carbamates (subject to hydrolysis) is 1. The Hall–Kier alpha value is -4.35. The highest BCUT2D eigenvalue weighted by molar-refractivity contribution is 5.95. The number of benzene rings is 2. The fourth-order valence-electron chi connectivity index (χ4n) is 6.16. The van der Waals surface area contributed by atoms with Gasteiger partial charge in [0, 0.05) is 54.9 Å². The fourth-order valence-corrected chi connectivity index (χ4v) is 6.16. The lowest BCUT2D eigenvalue weighted by Gasteiger charge is -2.23. The number of fused-ring (bicyclic) bond motifs is 1. The monoisotopic (exact) mass is 693 g/mol. The van der Waals surface area contributed by atoms with E-state index < -0.39 is 35.5 Å². The molecule has 0 aliphatic heterocycles. The summed E-state index contributed by atoms with van der Waals surface area (Å²) in [5.74, 6) is -0.733. The molecule has 0 aliphatic rings. The van der Waals surface area contributed by atoms with Gasteiger partial charge in [-0.05, 0) is 99.0 Å². The fraction of sp³-hybridized carbons (Fsp3) is 0.462. The Morgan fingerprint density at radius 1 is 1.02 bits per heavy atom. The van der Waals surface area contributed by atoms with Crippen molar-refractivity contribution in [2.45, 2.75) is 92.0 Å². The molecule has 0 unspecified atom stereocenters. The van der Waals surface area contributed by atoms with Crippen LogP contribution >= 0.6 is 0 Å². The largest absolute Gasteiger partial charge is 0.467 e. The quantitative estimate of drug-likeness (QED) is 0.136. The Kier molecular flexibility index (Phi) is 12.1. The van der Waals surface area contributed by atoms with Crippen LogP contribution in [0.2, 0.25) is 0 Å². The van der Waals surface area contributed by atoms with Crippen molar-refractivity contribution in [3.63, 3.8) is 0 Å². The summed E-state index contributed by atoms with van der Waals surface area (Å²) >= 11 is 0. The van der Waals surface area contributed by atoms with Crippen molar-refractivity contribution in [1.29, 1.82) is 0 Å². The molecule has 0 radical (unpaired) electrons. The molecule has 0 saturated heterocycles. The molecule has 270 valence electrons. The third-order valence-corrected chi connectivity index (χ3v) is 8.62. The van der Waals surface area contributed by atoms with Gasteiger partial charge in [-0.15, -0.1) is 0 Å². The number of carbonyl (C=O) groups excluding carboxylic acids is 2. The van der Waals surface area contributed by atoms with E-state index in [4.69, 9.17) is 14.2 Å². The highest BCUT2D eigenvalue weighted by Crippen LogP contribution is 2.42. The van der Waals surface area contributed by atoms with Gasteiger partial charge in [-0.2, -0.15) is 0 Å². The topological polar surface area (TPSA) is 112 Å². The van der Waals surface area contributed by atoms with Gasteiger partial charge in [0.05, 0.1) is 24.6 Å². The summed E-state index contributed by atoms with van der Waals surface area (Å²) in [5, 5.41) is 13.8. The zero-order valence-corrected chi connectivity index (χ0v) is 30.4. The summed E-state index contributed by atoms with van der Waals surface area (Å²) in [4.78, 5) is 30.0. The summed E-state index contributed by atoms with van der Waals surface area (Å²) in [5.41, 5.74) is 4.73. The summed E-state index contributed by atoms with van der Waals surface area (Å²) in [6, 6.07) is 13.1. The van der Waals surface area contributed by atoms with E-state index in [1.807, 2.05) is 51.1 Å². The standard InChI is InChI=1S/C39H49F2N3O6/c1-10-44-32-14-13-25(20-29(32)30(21-39(6,7)22-45)34(44)28-12-11-15-42-33(28)23(2)48-8)26-16-24(17-27(19-26)35(40)41)18-31(36(46)49-9)43-37(47)50-38(3,4)5/h11-17,19-20,23,31,35,45H,10,18,21-22H2,1-9H3,(H,43,47)/t23-,31-/m0/s1. The van der Waals surface area contributed by atoms with E-state index in [0.29, 0.717) is 29.7 Å². The SMILES string of the molecule is CCn1c(-c2cccnc2[C@H](C)OC)c(CC(C)(C)CO)c2cc(-c3cc(C[C@H](NC(=O)OC(C)(C)C)C(=O)OC)cc(C(F)F)c3)ccc21. The van der Waals surface area contributed by atoms with E-state index in [2.05, 4.69) is 21.8 Å². The van der Waals surface area contributed by atoms with Crippen LogP contribution in [-0.4, -0.2) is 59.2 Å². The minimum Gasteiger partial charge on any atom is -0.467 e. The van der Waals surface area contributed by atoms with Crippen LogP contribution in [-0.2, 0) is 38.4 Å². The molecule has 2 atom stereocenters. The van der Waals surface area contributed by atoms with Crippen molar-refractivity contribution >= 4 is 23.0 Å². The second kappa shape index (κ2) is 15.7. The number of aryl methyl sites for hydroxylation is 1. The number of pyridine rings is 1. The lowest BCUT2D eigenvalue weighted by atomic mass is 9.84. The van der Waals surface area contributed by atoms with Crippen LogP contribution < -0.4 is 5.32 Å². The number of alkyl halides is 2. The number of hydrogen-bond donors (Lipinski definition) is 2. The van der Waals surface area contributed by atoms with E-state index in [0.717, 1.165) is 33.4 Å². The number of esters is 1. The third kappa shape index (κ3) is 8.86. The van der Waals surface area contributed by atoms with Gasteiger partial charge in [-0.1, -0.05) is 32.0 Å². The maximum atomic E-state index is 14.3. The number of hydrogen-bond acceptors (Lipinski definition) is 7. The van der Waals surface area contributed by atoms with Crippen LogP contribution in [0.1, 0.15) is 83.4 Å². The number of amides is 1. The maximum absolute atomic E-state index is 14.3. The van der Waals surface area contributed by atoms with Crippen molar-refractivity contribution in [2.75, 3.05) is 20.8 Å². The Bertz CT molecular complexity index is 1830. The number of aliphatic hydroxyl groups excluding tert-OH is 1. The summed E-state index contributed by atoms with van der Waals surface area (Å²) in [6.07, 6.45) is -1.72. The summed E-state index contributed by atoms with van der Waals surface area (Å²) < 4.78 is 46.8. The maximum Gasteiger partial charge on any atom is 0.408 e. The van der Waals surface area contributed by atoms with Gasteiger partial charge < -0.3 is 29.2 Å². The second-order valence-corrected chi connectivity index (χ2v) is 14.3. The van der Waals surface area contributed by atoms with Gasteiger partial charge in [0.1, 0.15) is 11.6 Å². The van der Waals surface area contributed by atoms with Crippen molar-refractivity contribution < 1.29 is 37.7 Å². The molecule has 0 fully saturated rings. The van der Waals surface area contributed by atoms with E-state index in [-0.39, 0.29) is 24.7 Å². The molecule has 11 heteroatoms. The van der Waals surface area contributed by atoms with Gasteiger partial charge in [-0.25, -0.2) is 18.4 Å². The van der Waals surface area contributed by atoms with Crippen LogP contribution in [0.15, 0.2) is 54.7 Å². The Morgan fingerprint density at radius 3 is 2.34 bits per heavy atom. The minimum atomic E-state index is -2.78. The highest BCUT2D eigenvalue weighted by atomic mass is 19.3. The molecule has 0 aliphatic carbocycles. The zero-order valence-electron chi connectivity index (χ0n) is 30.4. The molecular weight excluding hydrogens is 644 g/mol. The lowest BCUT2D eigenvalue weighted by molar-refractivity contribution is -0.143. The van der Waals surface area contributed by atoms with Crippen LogP contribution in [0, 0.1) is 5.41 Å². The highest BCUT2D eigenvalue weighted by Gasteiger charge is 2.29. The first-order valence-electron chi connectivity index (χ1n) is 16.8. The number of nitrogens with one attached hydrogen (secondary N) is 1. The molecule has 0 bridgehead atoms. The Labute approximate surface area is 293 Å². The van der Waals surface area contributed by atoms with Crippen LogP contribution in [0.25, 0.3) is 33.3 Å². The van der Waals surface area contributed by atoms with E-state index in [9.17, 15) is 23.5 Å². The molecule has 50 heavy (non-hydrogen) atoms. The van der Waals surface area contributed by atoms with Gasteiger partial charge in [0.15, 0.2) is 0 Å². The first-order valence-corrected chi connectivity index (χ1v) is 16.8. The number of aliphatic hydroxyl groups is 1. The number of nitrogens with zero attached hydrogens (tertiary/aromatic N) is 2. The number of rotatable bonds is 13. The summed E-state index contributed by atoms with van der Waals surface area (Å²) in [7, 11) is 2.84. The molecule has 4 rings (SSSR count). The molecule has 0 saturated carbocycles. The van der Waals surface area contributed by atoms with Crippen molar-refractivity contribution in [1.82, 2.24) is 14.9 Å². The lowest BCUT2D eigenvalue weighted by Crippen LogP contribution is -2.45. The first kappa shape index (κ1) is 38.5. The van der Waals surface area contributed by atoms with Gasteiger partial charge in [0.25, 0.3) is 6.43 Å². The predicted octanol–water partition coefficient (Wildman–Crippen LogP) is 8.21. The molecule has 2 aromatic carbocycles. The van der Waals surface area contributed by atoms with Gasteiger partial charge in [-0.3, -0.25) is 4.98 Å². The average molecular weight is 694 g/mol. The Morgan fingerprint density at radius 2 is 1.74 bits per heavy atom. The number of halogens is 2. The zero-order chi connectivity index (χ0) is 37.0. The normalized spacial score (nSPS) is 13.4. The Balaban J connectivity index is 1.91. The molecule has 9 nitrogen and oxygen atoms in total. The molecule has 4 aromatic rings. The molecule has 2 aromatic heterocycles. The van der Waals surface area contributed by atoms with Crippen molar-refractivity contribution in [3.05, 3.63) is 77.1 Å². The third-order valence-electron chi connectivity index (χ3n) is 8.62. The van der Waals surface area contributed by atoms with Gasteiger partial charge in [0.2, 0.25) is 0 Å². The van der Waals surface area contributed by atoms with Crippen LogP contribution in [0.3, 0.4) is 0 Å². The van der Waals surface area contributed by atoms with Crippen LogP contribution in [0.5, 0.6) is 0 Å². The predicted molar refractivity (Wildman–Crippen MR) is 190 cm³/mol. The number of ether oxygens (including phenoxy) is 3. The first-order chi connectivity index (χ1) is 23.5. The van der Waals surface area contributed by atoms with E-state index in [1.165, 1.54) is 19.2 Å². The minimum absolute atomic E-state index is 0.0439. The van der Waals surface area contributed by atoms with Crippen molar-refractivity contribution in [2.24, 2.45) is 5.41 Å². The molecular formula is C39H49F2N3O6. The second-order valence-electron chi connectivity index (χ2n) is 14.3. The number of aromatic nitrogens is 2. The number of carbonyl (C=O) groups is 2. The number of methoxy groups -OCH3 is 2. The molecule has 1 amide bonds.